The van der Waals surface area contributed by atoms with Crippen LogP contribution in [-0.4, -0.2) is 106 Å². The number of carbonyl (C=O) groups excluding carboxylic acids is 3. The van der Waals surface area contributed by atoms with Gasteiger partial charge in [-0.15, -0.1) is 5.10 Å². The number of carbonyl (C=O) groups is 6. The van der Waals surface area contributed by atoms with Gasteiger partial charge in [0.1, 0.15) is 17.5 Å². The van der Waals surface area contributed by atoms with Crippen molar-refractivity contribution in [3.8, 4) is 5.69 Å². The highest BCUT2D eigenvalue weighted by molar-refractivity contribution is 7.80. The number of aliphatic carboxylic acids is 3. The summed E-state index contributed by atoms with van der Waals surface area (Å²) < 4.78 is 14.0. The zero-order valence-corrected chi connectivity index (χ0v) is 27.9. The second-order valence-corrected chi connectivity index (χ2v) is 11.8. The molecule has 0 spiro atoms. The molecule has 266 valence electrons. The fourth-order valence-electron chi connectivity index (χ4n) is 5.56. The number of imide groups is 2. The lowest BCUT2D eigenvalue weighted by molar-refractivity contribution is -0.170. The Hall–Kier alpha value is -5.00. The van der Waals surface area contributed by atoms with Crippen molar-refractivity contribution in [3.05, 3.63) is 36.2 Å². The molecule has 0 saturated carbocycles. The quantitative estimate of drug-likeness (QED) is 0.0805. The van der Waals surface area contributed by atoms with E-state index in [9.17, 15) is 43.4 Å². The Labute approximate surface area is 286 Å². The number of rotatable bonds is 19. The first-order valence-electron chi connectivity index (χ1n) is 15.8. The number of thiocarbonyl (C=S) groups is 1. The molecule has 0 aliphatic carbocycles. The van der Waals surface area contributed by atoms with Gasteiger partial charge in [-0.3, -0.25) is 18.8 Å². The van der Waals surface area contributed by atoms with E-state index in [2.05, 4.69) is 20.9 Å². The van der Waals surface area contributed by atoms with Gasteiger partial charge in [0.2, 0.25) is 11.8 Å². The number of carboxylic acids is 3. The first kappa shape index (κ1) is 38.4. The number of carboxylic acid groups (broad SMARTS) is 3. The largest absolute Gasteiger partial charge is 0.481 e. The van der Waals surface area contributed by atoms with Gasteiger partial charge in [-0.05, 0) is 87.8 Å². The van der Waals surface area contributed by atoms with Crippen molar-refractivity contribution in [2.24, 2.45) is 5.41 Å². The molecule has 1 saturated heterocycles. The standard InChI is InChI=1S/C31H40FN7O9S/c1-3-31(4-2)27(46)38(30(48)39(28(31)47)23(26(44)45)14-15-24(40)41)22(25(42)43)9-5-6-17-33-29(49)34-19-10-12-21(13-11-19)37-18-20(35-36-37)8-7-16-32/h10-13,18,22-23H,3-9,14-17H2,1-2H3,(H,40,41)(H,42,43)(H,44,45)(H2,33,34,49)/t22?,23-/m0/s1. The number of amides is 4. The Balaban J connectivity index is 1.63. The number of urea groups is 1. The molecular formula is C31H40FN7O9S. The molecule has 2 aromatic rings. The molecule has 16 nitrogen and oxygen atoms in total. The van der Waals surface area contributed by atoms with Crippen LogP contribution in [0.15, 0.2) is 30.5 Å². The van der Waals surface area contributed by atoms with E-state index in [0.29, 0.717) is 47.0 Å². The van der Waals surface area contributed by atoms with Crippen LogP contribution in [0.5, 0.6) is 0 Å². The first-order chi connectivity index (χ1) is 23.3. The Morgan fingerprint density at radius 2 is 1.51 bits per heavy atom. The van der Waals surface area contributed by atoms with Crippen LogP contribution in [0.3, 0.4) is 0 Å². The summed E-state index contributed by atoms with van der Waals surface area (Å²) >= 11 is 5.35. The molecule has 0 bridgehead atoms. The smallest absolute Gasteiger partial charge is 0.335 e. The monoisotopic (exact) mass is 705 g/mol. The zero-order chi connectivity index (χ0) is 36.3. The summed E-state index contributed by atoms with van der Waals surface area (Å²) in [7, 11) is 0. The number of alkyl halides is 1. The first-order valence-corrected chi connectivity index (χ1v) is 16.2. The van der Waals surface area contributed by atoms with Crippen molar-refractivity contribution in [2.75, 3.05) is 18.5 Å². The molecule has 1 unspecified atom stereocenters. The van der Waals surface area contributed by atoms with Crippen LogP contribution in [0.25, 0.3) is 5.69 Å². The van der Waals surface area contributed by atoms with Gasteiger partial charge in [-0.2, -0.15) is 0 Å². The van der Waals surface area contributed by atoms with Crippen molar-refractivity contribution >= 4 is 58.8 Å². The van der Waals surface area contributed by atoms with Crippen LogP contribution in [0.4, 0.5) is 14.9 Å². The number of nitrogens with zero attached hydrogens (tertiary/aromatic N) is 5. The molecule has 1 aromatic carbocycles. The van der Waals surface area contributed by atoms with Crippen LogP contribution in [-0.2, 0) is 30.4 Å². The Morgan fingerprint density at radius 1 is 0.918 bits per heavy atom. The third-order valence-electron chi connectivity index (χ3n) is 8.39. The molecular weight excluding hydrogens is 665 g/mol. The number of barbiturate groups is 1. The lowest BCUT2D eigenvalue weighted by Gasteiger charge is -2.46. The van der Waals surface area contributed by atoms with Gasteiger partial charge in [0, 0.05) is 18.7 Å². The summed E-state index contributed by atoms with van der Waals surface area (Å²) in [5.74, 6) is -6.67. The Morgan fingerprint density at radius 3 is 2.04 bits per heavy atom. The fourth-order valence-corrected chi connectivity index (χ4v) is 5.78. The molecule has 1 aliphatic heterocycles. The maximum Gasteiger partial charge on any atom is 0.335 e. The van der Waals surface area contributed by atoms with Crippen molar-refractivity contribution in [3.63, 3.8) is 0 Å². The number of hydrogen-bond donors (Lipinski definition) is 5. The second-order valence-electron chi connectivity index (χ2n) is 11.4. The van der Waals surface area contributed by atoms with Crippen molar-refractivity contribution in [1.82, 2.24) is 30.1 Å². The minimum Gasteiger partial charge on any atom is -0.481 e. The van der Waals surface area contributed by atoms with Gasteiger partial charge in [0.25, 0.3) is 0 Å². The molecule has 1 fully saturated rings. The lowest BCUT2D eigenvalue weighted by Crippen LogP contribution is -2.70. The fraction of sp³-hybridized carbons (Fsp3) is 0.516. The summed E-state index contributed by atoms with van der Waals surface area (Å²) in [4.78, 5) is 77.2. The Kier molecular flexibility index (Phi) is 13.7. The number of aryl methyl sites for hydroxylation is 1. The highest BCUT2D eigenvalue weighted by atomic mass is 32.1. The minimum atomic E-state index is -1.92. The van der Waals surface area contributed by atoms with Crippen molar-refractivity contribution in [2.45, 2.75) is 83.7 Å². The Bertz CT molecular complexity index is 1550. The van der Waals surface area contributed by atoms with E-state index in [-0.39, 0.29) is 30.8 Å². The zero-order valence-electron chi connectivity index (χ0n) is 27.1. The predicted octanol–water partition coefficient (Wildman–Crippen LogP) is 2.99. The molecule has 49 heavy (non-hydrogen) atoms. The van der Waals surface area contributed by atoms with E-state index in [1.807, 2.05) is 0 Å². The van der Waals surface area contributed by atoms with Crippen LogP contribution in [0, 0.1) is 5.41 Å². The molecule has 2 atom stereocenters. The summed E-state index contributed by atoms with van der Waals surface area (Å²) in [5, 5.41) is 43.4. The number of benzene rings is 1. The van der Waals surface area contributed by atoms with E-state index in [1.165, 1.54) is 13.8 Å². The van der Waals surface area contributed by atoms with Gasteiger partial charge in [0.05, 0.1) is 24.3 Å². The van der Waals surface area contributed by atoms with Crippen LogP contribution in [0.2, 0.25) is 0 Å². The number of hydrogen-bond acceptors (Lipinski definition) is 9. The van der Waals surface area contributed by atoms with E-state index < -0.39 is 72.8 Å². The van der Waals surface area contributed by atoms with Crippen molar-refractivity contribution in [1.29, 1.82) is 0 Å². The molecule has 5 N–H and O–H groups in total. The van der Waals surface area contributed by atoms with E-state index >= 15 is 0 Å². The molecule has 1 aromatic heterocycles. The average Bonchev–Trinajstić information content (AvgIpc) is 3.54. The maximum absolute atomic E-state index is 13.7. The van der Waals surface area contributed by atoms with Crippen LogP contribution in [0.1, 0.15) is 70.9 Å². The third kappa shape index (κ3) is 9.13. The topological polar surface area (TPSA) is 224 Å². The summed E-state index contributed by atoms with van der Waals surface area (Å²) in [6.45, 7) is 2.86. The summed E-state index contributed by atoms with van der Waals surface area (Å²) in [5.41, 5.74) is 0.193. The lowest BCUT2D eigenvalue weighted by atomic mass is 9.77. The highest BCUT2D eigenvalue weighted by Crippen LogP contribution is 2.39. The molecule has 3 rings (SSSR count). The van der Waals surface area contributed by atoms with Crippen LogP contribution >= 0.6 is 12.2 Å². The normalized spacial score (nSPS) is 15.5. The predicted molar refractivity (Wildman–Crippen MR) is 176 cm³/mol. The molecule has 4 amide bonds. The maximum atomic E-state index is 13.7. The summed E-state index contributed by atoms with van der Waals surface area (Å²) in [6.07, 6.45) is 1.36. The number of unbranched alkanes of at least 4 members (excludes halogenated alkanes) is 1. The van der Waals surface area contributed by atoms with Crippen molar-refractivity contribution < 1.29 is 48.5 Å². The van der Waals surface area contributed by atoms with Gasteiger partial charge < -0.3 is 26.0 Å². The average molecular weight is 706 g/mol. The number of halogens is 1. The third-order valence-corrected chi connectivity index (χ3v) is 8.63. The summed E-state index contributed by atoms with van der Waals surface area (Å²) in [6, 6.07) is 2.09. The SMILES string of the molecule is CCC1(CC)C(=O)N(C(CCCCNC(=S)Nc2ccc(-n3cc(CCCF)nn3)cc2)C(=O)O)C(=O)N([C@@H](CCC(=O)O)C(=O)O)C1=O. The molecule has 2 heterocycles. The van der Waals surface area contributed by atoms with Crippen LogP contribution < -0.4 is 10.6 Å². The number of nitrogens with one attached hydrogen (secondary N) is 2. The minimum absolute atomic E-state index is 0.140. The number of anilines is 1. The highest BCUT2D eigenvalue weighted by Gasteiger charge is 2.59. The second kappa shape index (κ2) is 17.4. The molecule has 1 aliphatic rings. The van der Waals surface area contributed by atoms with Gasteiger partial charge in [0.15, 0.2) is 5.11 Å². The van der Waals surface area contributed by atoms with E-state index in [1.54, 1.807) is 35.1 Å². The van der Waals surface area contributed by atoms with Gasteiger partial charge in [-0.25, -0.2) is 28.9 Å². The molecule has 0 radical (unpaired) electrons. The van der Waals surface area contributed by atoms with E-state index in [0.717, 1.165) is 5.69 Å². The number of aromatic nitrogens is 3. The van der Waals surface area contributed by atoms with Gasteiger partial charge in [-0.1, -0.05) is 19.1 Å². The van der Waals surface area contributed by atoms with Gasteiger partial charge >= 0.3 is 23.9 Å². The molecule has 18 heteroatoms. The van der Waals surface area contributed by atoms with E-state index in [4.69, 9.17) is 17.3 Å².